The van der Waals surface area contributed by atoms with Crippen LogP contribution in [-0.2, 0) is 9.47 Å². The summed E-state index contributed by atoms with van der Waals surface area (Å²) in [6, 6.07) is 0. The Balaban J connectivity index is 2.34. The summed E-state index contributed by atoms with van der Waals surface area (Å²) in [6.07, 6.45) is 2.91. The van der Waals surface area contributed by atoms with Crippen LogP contribution in [0.5, 0.6) is 0 Å². The number of amides is 2. The maximum atomic E-state index is 12.1. The Morgan fingerprint density at radius 2 is 1.71 bits per heavy atom. The monoisotopic (exact) mass is 339 g/mol. The van der Waals surface area contributed by atoms with Crippen LogP contribution >= 0.6 is 0 Å². The van der Waals surface area contributed by atoms with Crippen LogP contribution in [0.15, 0.2) is 12.4 Å². The lowest BCUT2D eigenvalue weighted by molar-refractivity contribution is 0.0514. The zero-order valence-corrected chi connectivity index (χ0v) is 14.5. The van der Waals surface area contributed by atoms with Crippen LogP contribution < -0.4 is 10.6 Å². The highest BCUT2D eigenvalue weighted by molar-refractivity contribution is 6.05. The van der Waals surface area contributed by atoms with E-state index in [0.717, 1.165) is 0 Å². The fourth-order valence-electron chi connectivity index (χ4n) is 1.82. The summed E-state index contributed by atoms with van der Waals surface area (Å²) in [5, 5.41) is 5.29. The van der Waals surface area contributed by atoms with Crippen LogP contribution in [0.3, 0.4) is 0 Å². The first-order chi connectivity index (χ1) is 11.2. The van der Waals surface area contributed by atoms with Gasteiger partial charge in [0.25, 0.3) is 5.91 Å². The highest BCUT2D eigenvalue weighted by atomic mass is 16.6. The van der Waals surface area contributed by atoms with Crippen molar-refractivity contribution >= 4 is 18.0 Å². The summed E-state index contributed by atoms with van der Waals surface area (Å²) in [5.74, 6) is -0.924. The number of aromatic amines is 1. The van der Waals surface area contributed by atoms with Crippen molar-refractivity contribution in [1.29, 1.82) is 0 Å². The average molecular weight is 339 g/mol. The molecule has 1 rings (SSSR count). The van der Waals surface area contributed by atoms with Gasteiger partial charge in [0.15, 0.2) is 0 Å². The molecule has 1 aromatic heterocycles. The molecule has 0 spiro atoms. The average Bonchev–Trinajstić information content (AvgIpc) is 2.94. The molecule has 0 bridgehead atoms. The summed E-state index contributed by atoms with van der Waals surface area (Å²) < 4.78 is 9.98. The summed E-state index contributed by atoms with van der Waals surface area (Å²) in [7, 11) is 0. The molecule has 0 atom stereocenters. The van der Waals surface area contributed by atoms with Gasteiger partial charge in [-0.25, -0.2) is 9.59 Å². The minimum atomic E-state index is -0.546. The molecule has 0 radical (unpaired) electrons. The number of ether oxygens (including phenoxy) is 2. The van der Waals surface area contributed by atoms with E-state index >= 15 is 0 Å². The molecule has 0 aliphatic carbocycles. The highest BCUT2D eigenvalue weighted by Gasteiger charge is 2.19. The predicted molar refractivity (Wildman–Crippen MR) is 87.9 cm³/mol. The molecule has 1 aromatic rings. The lowest BCUT2D eigenvalue weighted by Crippen LogP contribution is -2.34. The van der Waals surface area contributed by atoms with E-state index in [9.17, 15) is 14.4 Å². The molecule has 0 saturated carbocycles. The second kappa shape index (κ2) is 8.95. The number of rotatable bonds is 7. The van der Waals surface area contributed by atoms with Crippen LogP contribution in [0.4, 0.5) is 4.79 Å². The van der Waals surface area contributed by atoms with Gasteiger partial charge in [0.1, 0.15) is 5.60 Å². The molecule has 0 unspecified atom stereocenters. The number of nitrogens with one attached hydrogen (secondary N) is 3. The molecular weight excluding hydrogens is 314 g/mol. The standard InChI is InChI=1S/C16H25N3O5/c1-5-23-14(21)12-10-17-9-11(12)13(20)18-7-6-8-19-15(22)24-16(2,3)4/h9-10,17H,5-8H2,1-4H3,(H,18,20)(H,19,22). The van der Waals surface area contributed by atoms with E-state index in [0.29, 0.717) is 19.5 Å². The smallest absolute Gasteiger partial charge is 0.407 e. The van der Waals surface area contributed by atoms with Crippen molar-refractivity contribution in [3.8, 4) is 0 Å². The molecule has 8 nitrogen and oxygen atoms in total. The Morgan fingerprint density at radius 3 is 2.33 bits per heavy atom. The van der Waals surface area contributed by atoms with E-state index in [4.69, 9.17) is 9.47 Å². The topological polar surface area (TPSA) is 110 Å². The van der Waals surface area contributed by atoms with Crippen molar-refractivity contribution in [3.05, 3.63) is 23.5 Å². The van der Waals surface area contributed by atoms with Crippen molar-refractivity contribution in [2.75, 3.05) is 19.7 Å². The van der Waals surface area contributed by atoms with Gasteiger partial charge in [-0.15, -0.1) is 0 Å². The molecule has 0 aromatic carbocycles. The van der Waals surface area contributed by atoms with E-state index in [1.54, 1.807) is 27.7 Å². The number of aromatic nitrogens is 1. The summed E-state index contributed by atoms with van der Waals surface area (Å²) >= 11 is 0. The first-order valence-corrected chi connectivity index (χ1v) is 7.83. The Bertz CT molecular complexity index is 575. The molecule has 3 N–H and O–H groups in total. The molecule has 0 aliphatic rings. The third kappa shape index (κ3) is 6.72. The fourth-order valence-corrected chi connectivity index (χ4v) is 1.82. The van der Waals surface area contributed by atoms with E-state index in [1.165, 1.54) is 12.4 Å². The Labute approximate surface area is 141 Å². The molecule has 134 valence electrons. The second-order valence-corrected chi connectivity index (χ2v) is 6.04. The van der Waals surface area contributed by atoms with Crippen molar-refractivity contribution in [2.45, 2.75) is 39.7 Å². The molecular formula is C16H25N3O5. The minimum Gasteiger partial charge on any atom is -0.462 e. The zero-order chi connectivity index (χ0) is 18.2. The van der Waals surface area contributed by atoms with Crippen LogP contribution in [0, 0.1) is 0 Å². The zero-order valence-electron chi connectivity index (χ0n) is 14.5. The first-order valence-electron chi connectivity index (χ1n) is 7.83. The molecule has 1 heterocycles. The summed E-state index contributed by atoms with van der Waals surface area (Å²) in [4.78, 5) is 38.0. The maximum absolute atomic E-state index is 12.1. The number of alkyl carbamates (subject to hydrolysis) is 1. The first kappa shape index (κ1) is 19.5. The largest absolute Gasteiger partial charge is 0.462 e. The van der Waals surface area contributed by atoms with Gasteiger partial charge in [0, 0.05) is 25.5 Å². The number of carbonyl (C=O) groups excluding carboxylic acids is 3. The van der Waals surface area contributed by atoms with E-state index in [1.807, 2.05) is 0 Å². The number of esters is 1. The van der Waals surface area contributed by atoms with Crippen molar-refractivity contribution in [1.82, 2.24) is 15.6 Å². The van der Waals surface area contributed by atoms with Gasteiger partial charge in [0.2, 0.25) is 0 Å². The number of carbonyl (C=O) groups is 3. The quantitative estimate of drug-likeness (QED) is 0.519. The van der Waals surface area contributed by atoms with Crippen LogP contribution in [0.25, 0.3) is 0 Å². The maximum Gasteiger partial charge on any atom is 0.407 e. The Kier molecular flexibility index (Phi) is 7.29. The fraction of sp³-hybridized carbons (Fsp3) is 0.562. The van der Waals surface area contributed by atoms with Crippen LogP contribution in [-0.4, -0.2) is 48.3 Å². The Morgan fingerprint density at radius 1 is 1.08 bits per heavy atom. The highest BCUT2D eigenvalue weighted by Crippen LogP contribution is 2.09. The summed E-state index contributed by atoms with van der Waals surface area (Å²) in [6.45, 7) is 8.00. The van der Waals surface area contributed by atoms with Crippen LogP contribution in [0.1, 0.15) is 54.8 Å². The molecule has 8 heteroatoms. The molecule has 0 aliphatic heterocycles. The number of hydrogen-bond acceptors (Lipinski definition) is 5. The second-order valence-electron chi connectivity index (χ2n) is 6.04. The van der Waals surface area contributed by atoms with Gasteiger partial charge < -0.3 is 25.1 Å². The molecule has 0 fully saturated rings. The van der Waals surface area contributed by atoms with Crippen molar-refractivity contribution in [2.24, 2.45) is 0 Å². The Hall–Kier alpha value is -2.51. The van der Waals surface area contributed by atoms with Gasteiger partial charge in [-0.2, -0.15) is 0 Å². The number of H-pyrrole nitrogens is 1. The molecule has 2 amide bonds. The van der Waals surface area contributed by atoms with Crippen LogP contribution in [0.2, 0.25) is 0 Å². The minimum absolute atomic E-state index is 0.196. The van der Waals surface area contributed by atoms with E-state index in [-0.39, 0.29) is 23.6 Å². The lowest BCUT2D eigenvalue weighted by atomic mass is 10.2. The van der Waals surface area contributed by atoms with E-state index in [2.05, 4.69) is 15.6 Å². The van der Waals surface area contributed by atoms with Gasteiger partial charge in [-0.1, -0.05) is 0 Å². The van der Waals surface area contributed by atoms with Gasteiger partial charge in [-0.3, -0.25) is 4.79 Å². The van der Waals surface area contributed by atoms with Crippen molar-refractivity contribution in [3.63, 3.8) is 0 Å². The third-order valence-corrected chi connectivity index (χ3v) is 2.79. The lowest BCUT2D eigenvalue weighted by Gasteiger charge is -2.19. The van der Waals surface area contributed by atoms with E-state index < -0.39 is 17.7 Å². The third-order valence-electron chi connectivity index (χ3n) is 2.79. The number of hydrogen-bond donors (Lipinski definition) is 3. The summed E-state index contributed by atoms with van der Waals surface area (Å²) in [5.41, 5.74) is -0.120. The molecule has 24 heavy (non-hydrogen) atoms. The van der Waals surface area contributed by atoms with Gasteiger partial charge in [0.05, 0.1) is 17.7 Å². The van der Waals surface area contributed by atoms with Gasteiger partial charge >= 0.3 is 12.1 Å². The van der Waals surface area contributed by atoms with Gasteiger partial charge in [-0.05, 0) is 34.1 Å². The van der Waals surface area contributed by atoms with Crippen molar-refractivity contribution < 1.29 is 23.9 Å². The predicted octanol–water partition coefficient (Wildman–Crippen LogP) is 1.84. The molecule has 0 saturated heterocycles. The SMILES string of the molecule is CCOC(=O)c1c[nH]cc1C(=O)NCCCNC(=O)OC(C)(C)C. The normalized spacial score (nSPS) is 10.8.